The van der Waals surface area contributed by atoms with E-state index in [1.165, 1.54) is 0 Å². The minimum atomic E-state index is -0.497. The van der Waals surface area contributed by atoms with E-state index in [0.29, 0.717) is 44.2 Å². The lowest BCUT2D eigenvalue weighted by molar-refractivity contribution is 0.0240. The summed E-state index contributed by atoms with van der Waals surface area (Å²) in [7, 11) is 1.62. The van der Waals surface area contributed by atoms with Gasteiger partial charge in [0.1, 0.15) is 11.4 Å². The van der Waals surface area contributed by atoms with Crippen molar-refractivity contribution in [3.8, 4) is 0 Å². The fraction of sp³-hybridized carbons (Fsp3) is 0.435. The van der Waals surface area contributed by atoms with Crippen LogP contribution in [0.3, 0.4) is 0 Å². The van der Waals surface area contributed by atoms with Gasteiger partial charge >= 0.3 is 6.09 Å². The van der Waals surface area contributed by atoms with E-state index in [4.69, 9.17) is 9.47 Å². The molecule has 0 aliphatic carbocycles. The van der Waals surface area contributed by atoms with E-state index in [2.05, 4.69) is 15.2 Å². The summed E-state index contributed by atoms with van der Waals surface area (Å²) in [6.07, 6.45) is 1.46. The third kappa shape index (κ3) is 6.42. The van der Waals surface area contributed by atoms with Gasteiger partial charge in [-0.3, -0.25) is 4.79 Å². The summed E-state index contributed by atoms with van der Waals surface area (Å²) in [5, 5.41) is 2.82. The zero-order chi connectivity index (χ0) is 22.4. The monoisotopic (exact) mass is 426 g/mol. The Hall–Kier alpha value is -3.13. The van der Waals surface area contributed by atoms with Crippen LogP contribution in [0.4, 0.5) is 16.3 Å². The van der Waals surface area contributed by atoms with E-state index in [1.807, 2.05) is 39.0 Å². The highest BCUT2D eigenvalue weighted by Crippen LogP contribution is 2.19. The van der Waals surface area contributed by atoms with Crippen LogP contribution < -0.4 is 10.2 Å². The number of carbonyl (C=O) groups excluding carboxylic acids is 2. The van der Waals surface area contributed by atoms with Crippen molar-refractivity contribution in [3.05, 3.63) is 53.7 Å². The van der Waals surface area contributed by atoms with Crippen LogP contribution in [-0.4, -0.2) is 60.8 Å². The lowest BCUT2D eigenvalue weighted by atomic mass is 10.1. The van der Waals surface area contributed by atoms with Gasteiger partial charge in [0.15, 0.2) is 0 Å². The molecule has 0 atom stereocenters. The van der Waals surface area contributed by atoms with Crippen molar-refractivity contribution in [1.82, 2.24) is 9.88 Å². The second-order valence-electron chi connectivity index (χ2n) is 8.44. The van der Waals surface area contributed by atoms with E-state index in [-0.39, 0.29) is 12.0 Å². The highest BCUT2D eigenvalue weighted by atomic mass is 16.6. The first-order valence-electron chi connectivity index (χ1n) is 10.3. The first-order chi connectivity index (χ1) is 14.7. The number of hydrogen-bond donors (Lipinski definition) is 1. The van der Waals surface area contributed by atoms with Crippen LogP contribution in [0.1, 0.15) is 36.7 Å². The highest BCUT2D eigenvalue weighted by Gasteiger charge is 2.26. The van der Waals surface area contributed by atoms with Crippen LogP contribution in [0.5, 0.6) is 0 Å². The average Bonchev–Trinajstić information content (AvgIpc) is 2.74. The first-order valence-corrected chi connectivity index (χ1v) is 10.3. The number of nitrogens with one attached hydrogen (secondary N) is 1. The number of anilines is 2. The summed E-state index contributed by atoms with van der Waals surface area (Å²) < 4.78 is 10.6. The number of aromatic nitrogens is 1. The van der Waals surface area contributed by atoms with E-state index in [9.17, 15) is 9.59 Å². The number of ether oxygens (including phenoxy) is 2. The van der Waals surface area contributed by atoms with Crippen LogP contribution in [0.25, 0.3) is 0 Å². The number of rotatable bonds is 5. The number of benzene rings is 1. The molecule has 0 unspecified atom stereocenters. The molecule has 8 nitrogen and oxygen atoms in total. The number of nitrogens with zero attached hydrogens (tertiary/aromatic N) is 3. The fourth-order valence-corrected chi connectivity index (χ4v) is 3.28. The normalized spacial score (nSPS) is 14.3. The van der Waals surface area contributed by atoms with Gasteiger partial charge in [0.25, 0.3) is 5.91 Å². The Kier molecular flexibility index (Phi) is 7.12. The van der Waals surface area contributed by atoms with Gasteiger partial charge in [0.2, 0.25) is 0 Å². The van der Waals surface area contributed by atoms with Crippen LogP contribution in [0.2, 0.25) is 0 Å². The van der Waals surface area contributed by atoms with Gasteiger partial charge in [-0.1, -0.05) is 12.1 Å². The number of piperazine rings is 1. The number of methoxy groups -OCH3 is 1. The number of pyridine rings is 1. The van der Waals surface area contributed by atoms with E-state index < -0.39 is 5.60 Å². The molecule has 2 aromatic rings. The fourth-order valence-electron chi connectivity index (χ4n) is 3.28. The third-order valence-electron chi connectivity index (χ3n) is 4.79. The van der Waals surface area contributed by atoms with E-state index in [0.717, 1.165) is 11.3 Å². The molecule has 3 rings (SSSR count). The predicted molar refractivity (Wildman–Crippen MR) is 119 cm³/mol. The van der Waals surface area contributed by atoms with Crippen LogP contribution in [0, 0.1) is 0 Å². The Balaban J connectivity index is 1.54. The van der Waals surface area contributed by atoms with Crippen molar-refractivity contribution >= 4 is 23.5 Å². The predicted octanol–water partition coefficient (Wildman–Crippen LogP) is 3.54. The molecule has 1 fully saturated rings. The van der Waals surface area contributed by atoms with Gasteiger partial charge in [-0.2, -0.15) is 0 Å². The van der Waals surface area contributed by atoms with Crippen molar-refractivity contribution in [1.29, 1.82) is 0 Å². The van der Waals surface area contributed by atoms with Crippen LogP contribution in [-0.2, 0) is 16.1 Å². The maximum atomic E-state index is 12.5. The molecule has 1 aliphatic rings. The van der Waals surface area contributed by atoms with Crippen LogP contribution >= 0.6 is 0 Å². The zero-order valence-corrected chi connectivity index (χ0v) is 18.6. The molecule has 2 heterocycles. The smallest absolute Gasteiger partial charge is 0.410 e. The molecule has 1 N–H and O–H groups in total. The standard InChI is InChI=1S/C23H30N4O4/c1-23(2,3)31-22(29)27-12-10-26(11-13-27)19-8-9-20(24-15-19)25-21(28)18-7-5-6-17(14-18)16-30-4/h5-9,14-15H,10-13,16H2,1-4H3,(H,24,25,28). The summed E-state index contributed by atoms with van der Waals surface area (Å²) in [4.78, 5) is 33.0. The molecule has 1 aromatic carbocycles. The number of carbonyl (C=O) groups is 2. The molecule has 0 saturated carbocycles. The van der Waals surface area contributed by atoms with Crippen molar-refractivity contribution in [2.24, 2.45) is 0 Å². The number of amides is 2. The molecule has 166 valence electrons. The molecule has 1 saturated heterocycles. The molecule has 2 amide bonds. The summed E-state index contributed by atoms with van der Waals surface area (Å²) in [6.45, 7) is 8.61. The van der Waals surface area contributed by atoms with Gasteiger partial charge in [-0.15, -0.1) is 0 Å². The largest absolute Gasteiger partial charge is 0.444 e. The SMILES string of the molecule is COCc1cccc(C(=O)Nc2ccc(N3CCN(C(=O)OC(C)(C)C)CC3)cn2)c1. The Labute approximate surface area is 183 Å². The molecule has 1 aliphatic heterocycles. The summed E-state index contributed by atoms with van der Waals surface area (Å²) in [6, 6.07) is 11.0. The van der Waals surface area contributed by atoms with Gasteiger partial charge in [-0.25, -0.2) is 9.78 Å². The molecular formula is C23H30N4O4. The van der Waals surface area contributed by atoms with Gasteiger partial charge < -0.3 is 24.6 Å². The number of hydrogen-bond acceptors (Lipinski definition) is 6. The maximum absolute atomic E-state index is 12.5. The Morgan fingerprint density at radius 3 is 2.45 bits per heavy atom. The lowest BCUT2D eigenvalue weighted by Crippen LogP contribution is -2.50. The lowest BCUT2D eigenvalue weighted by Gasteiger charge is -2.36. The summed E-state index contributed by atoms with van der Waals surface area (Å²) in [5.41, 5.74) is 1.94. The Morgan fingerprint density at radius 2 is 1.84 bits per heavy atom. The van der Waals surface area contributed by atoms with Gasteiger partial charge in [0, 0.05) is 38.9 Å². The topological polar surface area (TPSA) is 84.0 Å². The van der Waals surface area contributed by atoms with E-state index in [1.54, 1.807) is 36.4 Å². The quantitative estimate of drug-likeness (QED) is 0.787. The summed E-state index contributed by atoms with van der Waals surface area (Å²) in [5.74, 6) is 0.266. The summed E-state index contributed by atoms with van der Waals surface area (Å²) >= 11 is 0. The molecule has 0 radical (unpaired) electrons. The van der Waals surface area contributed by atoms with Gasteiger partial charge in [-0.05, 0) is 50.6 Å². The Bertz CT molecular complexity index is 901. The second-order valence-corrected chi connectivity index (χ2v) is 8.44. The second kappa shape index (κ2) is 9.78. The van der Waals surface area contributed by atoms with Crippen molar-refractivity contribution in [2.75, 3.05) is 43.5 Å². The van der Waals surface area contributed by atoms with Crippen molar-refractivity contribution < 1.29 is 19.1 Å². The molecular weight excluding hydrogens is 396 g/mol. The maximum Gasteiger partial charge on any atom is 0.410 e. The van der Waals surface area contributed by atoms with Crippen molar-refractivity contribution in [2.45, 2.75) is 33.0 Å². The van der Waals surface area contributed by atoms with Crippen LogP contribution in [0.15, 0.2) is 42.6 Å². The minimum Gasteiger partial charge on any atom is -0.444 e. The highest BCUT2D eigenvalue weighted by molar-refractivity contribution is 6.03. The minimum absolute atomic E-state index is 0.218. The zero-order valence-electron chi connectivity index (χ0n) is 18.6. The molecule has 31 heavy (non-hydrogen) atoms. The molecule has 1 aromatic heterocycles. The first kappa shape index (κ1) is 22.6. The van der Waals surface area contributed by atoms with Crippen molar-refractivity contribution in [3.63, 3.8) is 0 Å². The Morgan fingerprint density at radius 1 is 1.10 bits per heavy atom. The molecule has 0 spiro atoms. The molecule has 0 bridgehead atoms. The van der Waals surface area contributed by atoms with E-state index >= 15 is 0 Å². The molecule has 8 heteroatoms. The third-order valence-corrected chi connectivity index (χ3v) is 4.79. The van der Waals surface area contributed by atoms with Gasteiger partial charge in [0.05, 0.1) is 18.5 Å². The average molecular weight is 427 g/mol.